The van der Waals surface area contributed by atoms with Gasteiger partial charge in [-0.3, -0.25) is 0 Å². The Kier molecular flexibility index (Phi) is 7.04. The minimum Gasteiger partial charge on any atom is -0.389 e. The van der Waals surface area contributed by atoms with Crippen LogP contribution in [0.2, 0.25) is 0 Å². The van der Waals surface area contributed by atoms with Crippen LogP contribution in [0, 0.1) is 0 Å². The molecule has 17 heavy (non-hydrogen) atoms. The third-order valence-corrected chi connectivity index (χ3v) is 3.46. The molecule has 1 unspecified atom stereocenters. The van der Waals surface area contributed by atoms with Gasteiger partial charge in [0.05, 0.1) is 25.9 Å². The van der Waals surface area contributed by atoms with Gasteiger partial charge in [0.2, 0.25) is 0 Å². The molecule has 0 aromatic rings. The van der Waals surface area contributed by atoms with Gasteiger partial charge >= 0.3 is 0 Å². The summed E-state index contributed by atoms with van der Waals surface area (Å²) in [6, 6.07) is 0. The number of nitrogens with one attached hydrogen (secondary N) is 1. The van der Waals surface area contributed by atoms with Gasteiger partial charge in [0, 0.05) is 19.2 Å². The van der Waals surface area contributed by atoms with E-state index in [9.17, 15) is 5.11 Å². The Morgan fingerprint density at radius 2 is 1.94 bits per heavy atom. The summed E-state index contributed by atoms with van der Waals surface area (Å²) in [5.41, 5.74) is 0.214. The van der Waals surface area contributed by atoms with Crippen molar-refractivity contribution in [3.05, 3.63) is 0 Å². The number of rotatable bonds is 8. The highest BCUT2D eigenvalue weighted by atomic mass is 16.5. The lowest BCUT2D eigenvalue weighted by molar-refractivity contribution is 0.0102. The molecule has 0 radical (unpaired) electrons. The highest BCUT2D eigenvalue weighted by Gasteiger charge is 2.26. The second-order valence-corrected chi connectivity index (χ2v) is 5.22. The van der Waals surface area contributed by atoms with E-state index in [2.05, 4.69) is 12.2 Å². The summed E-state index contributed by atoms with van der Waals surface area (Å²) in [5.74, 6) is 0. The number of aliphatic hydroxyl groups excluding tert-OH is 1. The van der Waals surface area contributed by atoms with E-state index in [1.807, 2.05) is 0 Å². The van der Waals surface area contributed by atoms with Crippen LogP contribution in [-0.4, -0.2) is 50.2 Å². The Labute approximate surface area is 105 Å². The molecular formula is C13H27NO3. The maximum Gasteiger partial charge on any atom is 0.0897 e. The zero-order valence-electron chi connectivity index (χ0n) is 11.2. The zero-order valence-corrected chi connectivity index (χ0v) is 11.2. The quantitative estimate of drug-likeness (QED) is 0.633. The number of methoxy groups -OCH3 is 1. The first-order valence-electron chi connectivity index (χ1n) is 6.66. The van der Waals surface area contributed by atoms with Crippen LogP contribution in [-0.2, 0) is 9.47 Å². The van der Waals surface area contributed by atoms with Crippen molar-refractivity contribution in [2.75, 3.05) is 33.5 Å². The van der Waals surface area contributed by atoms with Gasteiger partial charge in [0.25, 0.3) is 0 Å². The Bertz CT molecular complexity index is 193. The van der Waals surface area contributed by atoms with Crippen molar-refractivity contribution >= 4 is 0 Å². The second-order valence-electron chi connectivity index (χ2n) is 5.22. The van der Waals surface area contributed by atoms with Gasteiger partial charge in [0.15, 0.2) is 0 Å². The molecule has 0 aliphatic heterocycles. The van der Waals surface area contributed by atoms with Gasteiger partial charge in [-0.1, -0.05) is 19.3 Å². The Morgan fingerprint density at radius 1 is 1.24 bits per heavy atom. The van der Waals surface area contributed by atoms with E-state index in [1.54, 1.807) is 7.11 Å². The Hall–Kier alpha value is -0.160. The van der Waals surface area contributed by atoms with E-state index in [-0.39, 0.29) is 5.54 Å². The molecule has 0 heterocycles. The van der Waals surface area contributed by atoms with E-state index in [0.717, 1.165) is 0 Å². The fourth-order valence-electron chi connectivity index (χ4n) is 2.29. The van der Waals surface area contributed by atoms with Crippen LogP contribution >= 0.6 is 0 Å². The molecule has 0 aromatic carbocycles. The summed E-state index contributed by atoms with van der Waals surface area (Å²) in [7, 11) is 1.64. The van der Waals surface area contributed by atoms with Crippen molar-refractivity contribution in [2.45, 2.75) is 50.7 Å². The standard InChI is InChI=1S/C13H27NO3/c1-13(6-4-3-5-7-13)14-10-12(15)11-17-9-8-16-2/h12,14-15H,3-11H2,1-2H3. The maximum atomic E-state index is 9.77. The molecule has 1 aliphatic carbocycles. The molecule has 1 aliphatic rings. The highest BCUT2D eigenvalue weighted by molar-refractivity contribution is 4.86. The summed E-state index contributed by atoms with van der Waals surface area (Å²) in [6.07, 6.45) is 5.94. The van der Waals surface area contributed by atoms with Crippen LogP contribution in [0.3, 0.4) is 0 Å². The molecule has 2 N–H and O–H groups in total. The van der Waals surface area contributed by atoms with Crippen molar-refractivity contribution in [1.29, 1.82) is 0 Å². The van der Waals surface area contributed by atoms with Crippen molar-refractivity contribution < 1.29 is 14.6 Å². The molecule has 0 spiro atoms. The van der Waals surface area contributed by atoms with Crippen LogP contribution in [0.25, 0.3) is 0 Å². The molecule has 0 saturated heterocycles. The largest absolute Gasteiger partial charge is 0.389 e. The van der Waals surface area contributed by atoms with Gasteiger partial charge in [-0.25, -0.2) is 0 Å². The number of hydrogen-bond donors (Lipinski definition) is 2. The summed E-state index contributed by atoms with van der Waals surface area (Å²) < 4.78 is 10.2. The number of aliphatic hydroxyl groups is 1. The molecule has 4 nitrogen and oxygen atoms in total. The molecule has 1 atom stereocenters. The Morgan fingerprint density at radius 3 is 2.59 bits per heavy atom. The molecule has 1 saturated carbocycles. The van der Waals surface area contributed by atoms with Crippen molar-refractivity contribution in [3.8, 4) is 0 Å². The fourth-order valence-corrected chi connectivity index (χ4v) is 2.29. The van der Waals surface area contributed by atoms with Crippen molar-refractivity contribution in [2.24, 2.45) is 0 Å². The lowest BCUT2D eigenvalue weighted by Gasteiger charge is -2.35. The lowest BCUT2D eigenvalue weighted by Crippen LogP contribution is -2.47. The van der Waals surface area contributed by atoms with E-state index in [1.165, 1.54) is 32.1 Å². The van der Waals surface area contributed by atoms with Crippen LogP contribution in [0.15, 0.2) is 0 Å². The van der Waals surface area contributed by atoms with Crippen molar-refractivity contribution in [1.82, 2.24) is 5.32 Å². The van der Waals surface area contributed by atoms with Crippen LogP contribution < -0.4 is 5.32 Å². The van der Waals surface area contributed by atoms with Crippen LogP contribution in [0.1, 0.15) is 39.0 Å². The monoisotopic (exact) mass is 245 g/mol. The second kappa shape index (κ2) is 8.03. The molecule has 0 aromatic heterocycles. The summed E-state index contributed by atoms with van der Waals surface area (Å²) in [6.45, 7) is 4.38. The van der Waals surface area contributed by atoms with E-state index < -0.39 is 6.10 Å². The summed E-state index contributed by atoms with van der Waals surface area (Å²) >= 11 is 0. The normalized spacial score (nSPS) is 21.4. The van der Waals surface area contributed by atoms with Crippen LogP contribution in [0.4, 0.5) is 0 Å². The first kappa shape index (κ1) is 14.9. The van der Waals surface area contributed by atoms with E-state index in [0.29, 0.717) is 26.4 Å². The third-order valence-electron chi connectivity index (χ3n) is 3.46. The van der Waals surface area contributed by atoms with Crippen LogP contribution in [0.5, 0.6) is 0 Å². The number of hydrogen-bond acceptors (Lipinski definition) is 4. The van der Waals surface area contributed by atoms with Crippen molar-refractivity contribution in [3.63, 3.8) is 0 Å². The molecule has 1 fully saturated rings. The smallest absolute Gasteiger partial charge is 0.0897 e. The minimum absolute atomic E-state index is 0.214. The predicted molar refractivity (Wildman–Crippen MR) is 68.2 cm³/mol. The Balaban J connectivity index is 2.07. The first-order chi connectivity index (χ1) is 8.16. The average molecular weight is 245 g/mol. The molecule has 0 amide bonds. The first-order valence-corrected chi connectivity index (χ1v) is 6.66. The minimum atomic E-state index is -0.425. The average Bonchev–Trinajstić information content (AvgIpc) is 2.33. The molecule has 0 bridgehead atoms. The third kappa shape index (κ3) is 6.36. The van der Waals surface area contributed by atoms with E-state index in [4.69, 9.17) is 9.47 Å². The van der Waals surface area contributed by atoms with Gasteiger partial charge in [-0.05, 0) is 19.8 Å². The van der Waals surface area contributed by atoms with Gasteiger partial charge in [0.1, 0.15) is 0 Å². The van der Waals surface area contributed by atoms with Gasteiger partial charge in [-0.2, -0.15) is 0 Å². The summed E-state index contributed by atoms with van der Waals surface area (Å²) in [4.78, 5) is 0. The number of ether oxygens (including phenoxy) is 2. The van der Waals surface area contributed by atoms with Gasteiger partial charge in [-0.15, -0.1) is 0 Å². The maximum absolute atomic E-state index is 9.77. The molecule has 1 rings (SSSR count). The van der Waals surface area contributed by atoms with E-state index >= 15 is 0 Å². The number of β-amino-alcohol motifs (C(OH)–C–C–N with tert-alkyl or cyclic N) is 1. The predicted octanol–water partition coefficient (Wildman–Crippen LogP) is 1.32. The lowest BCUT2D eigenvalue weighted by atomic mass is 9.83. The van der Waals surface area contributed by atoms with Gasteiger partial charge < -0.3 is 19.9 Å². The molecular weight excluding hydrogens is 218 g/mol. The summed E-state index contributed by atoms with van der Waals surface area (Å²) in [5, 5.41) is 13.2. The zero-order chi connectivity index (χ0) is 12.6. The SMILES string of the molecule is COCCOCC(O)CNC1(C)CCCCC1. The molecule has 102 valence electrons. The highest BCUT2D eigenvalue weighted by Crippen LogP contribution is 2.27. The topological polar surface area (TPSA) is 50.7 Å². The fraction of sp³-hybridized carbons (Fsp3) is 1.00. The molecule has 4 heteroatoms.